The largest absolute Gasteiger partial charge is 0.457 e. The normalized spacial score (nSPS) is 9.93. The fraction of sp³-hybridized carbons (Fsp3) is 0.0833. The number of rotatable bonds is 4. The van der Waals surface area contributed by atoms with E-state index in [1.54, 1.807) is 18.2 Å². The maximum absolute atomic E-state index is 12.4. The first-order chi connectivity index (χ1) is 14.7. The number of ether oxygens (including phenoxy) is 1. The van der Waals surface area contributed by atoms with Gasteiger partial charge in [-0.2, -0.15) is 0 Å². The quantitative estimate of drug-likeness (QED) is 0.377. The van der Waals surface area contributed by atoms with Crippen LogP contribution in [0.5, 0.6) is 11.5 Å². The molecule has 152 valence electrons. The standard InChI is InChI=1S/C22H16N2O3S.C2H6/c25-21(20-13-15-7-4-5-12-19(15)27-20)24-22(28)23-16-8-6-11-18(14-16)26-17-9-2-1-3-10-17;1-2/h1-14H,(H2,23,24,25,28);1-2H3. The Kier molecular flexibility index (Phi) is 7.19. The van der Waals surface area contributed by atoms with E-state index in [1.807, 2.05) is 80.6 Å². The van der Waals surface area contributed by atoms with E-state index in [9.17, 15) is 4.79 Å². The molecular weight excluding hydrogens is 396 g/mol. The smallest absolute Gasteiger partial charge is 0.293 e. The second-order valence-corrected chi connectivity index (χ2v) is 6.41. The molecule has 4 rings (SSSR count). The van der Waals surface area contributed by atoms with Crippen LogP contribution in [-0.4, -0.2) is 11.0 Å². The van der Waals surface area contributed by atoms with Gasteiger partial charge in [0.05, 0.1) is 0 Å². The van der Waals surface area contributed by atoms with Gasteiger partial charge in [-0.25, -0.2) is 0 Å². The van der Waals surface area contributed by atoms with Crippen LogP contribution in [0.1, 0.15) is 24.4 Å². The van der Waals surface area contributed by atoms with Crippen LogP contribution in [0, 0.1) is 0 Å². The summed E-state index contributed by atoms with van der Waals surface area (Å²) in [6.45, 7) is 4.00. The highest BCUT2D eigenvalue weighted by Gasteiger charge is 2.13. The number of hydrogen-bond acceptors (Lipinski definition) is 4. The van der Waals surface area contributed by atoms with Gasteiger partial charge in [0.25, 0.3) is 5.91 Å². The monoisotopic (exact) mass is 418 g/mol. The van der Waals surface area contributed by atoms with Gasteiger partial charge in [-0.15, -0.1) is 0 Å². The van der Waals surface area contributed by atoms with Crippen LogP contribution in [0.3, 0.4) is 0 Å². The van der Waals surface area contributed by atoms with Gasteiger partial charge < -0.3 is 14.5 Å². The number of hydrogen-bond donors (Lipinski definition) is 2. The van der Waals surface area contributed by atoms with Crippen molar-refractivity contribution in [3.63, 3.8) is 0 Å². The molecule has 0 fully saturated rings. The zero-order valence-electron chi connectivity index (χ0n) is 16.7. The Morgan fingerprint density at radius 3 is 2.33 bits per heavy atom. The van der Waals surface area contributed by atoms with Crippen LogP contribution in [0.2, 0.25) is 0 Å². The Bertz CT molecular complexity index is 1110. The van der Waals surface area contributed by atoms with Gasteiger partial charge in [0.1, 0.15) is 17.1 Å². The molecule has 3 aromatic carbocycles. The molecule has 0 aliphatic heterocycles. The molecule has 1 amide bonds. The first kappa shape index (κ1) is 21.1. The highest BCUT2D eigenvalue weighted by molar-refractivity contribution is 7.80. The van der Waals surface area contributed by atoms with Gasteiger partial charge in [0.15, 0.2) is 10.9 Å². The Labute approximate surface area is 180 Å². The van der Waals surface area contributed by atoms with Crippen LogP contribution in [0.25, 0.3) is 11.0 Å². The molecule has 4 aromatic rings. The summed E-state index contributed by atoms with van der Waals surface area (Å²) in [5.74, 6) is 1.18. The van der Waals surface area contributed by atoms with Gasteiger partial charge in [0.2, 0.25) is 0 Å². The summed E-state index contributed by atoms with van der Waals surface area (Å²) in [6, 6.07) is 25.9. The van der Waals surface area contributed by atoms with Crippen LogP contribution in [0.4, 0.5) is 5.69 Å². The molecule has 0 atom stereocenters. The summed E-state index contributed by atoms with van der Waals surface area (Å²) in [4.78, 5) is 12.4. The van der Waals surface area contributed by atoms with E-state index in [0.29, 0.717) is 17.0 Å². The molecular formula is C24H22N2O3S. The highest BCUT2D eigenvalue weighted by Crippen LogP contribution is 2.24. The lowest BCUT2D eigenvalue weighted by Crippen LogP contribution is -2.33. The topological polar surface area (TPSA) is 63.5 Å². The van der Waals surface area contributed by atoms with Gasteiger partial charge in [-0.3, -0.25) is 10.1 Å². The van der Waals surface area contributed by atoms with E-state index in [-0.39, 0.29) is 10.9 Å². The number of nitrogens with one attached hydrogen (secondary N) is 2. The number of carbonyl (C=O) groups excluding carboxylic acids is 1. The zero-order valence-corrected chi connectivity index (χ0v) is 17.5. The van der Waals surface area contributed by atoms with Crippen LogP contribution in [-0.2, 0) is 0 Å². The van der Waals surface area contributed by atoms with Crippen molar-refractivity contribution in [1.82, 2.24) is 5.32 Å². The summed E-state index contributed by atoms with van der Waals surface area (Å²) in [5.41, 5.74) is 1.35. The third-order valence-electron chi connectivity index (χ3n) is 3.95. The lowest BCUT2D eigenvalue weighted by Gasteiger charge is -2.10. The second kappa shape index (κ2) is 10.2. The lowest BCUT2D eigenvalue weighted by molar-refractivity contribution is 0.0953. The first-order valence-electron chi connectivity index (χ1n) is 9.61. The van der Waals surface area contributed by atoms with Crippen molar-refractivity contribution < 1.29 is 13.9 Å². The summed E-state index contributed by atoms with van der Waals surface area (Å²) in [7, 11) is 0. The van der Waals surface area contributed by atoms with Gasteiger partial charge in [-0.05, 0) is 48.6 Å². The molecule has 1 aromatic heterocycles. The molecule has 0 spiro atoms. The number of carbonyl (C=O) groups is 1. The Hall–Kier alpha value is -3.64. The third kappa shape index (κ3) is 5.46. The molecule has 0 aliphatic rings. The number of thiocarbonyl (C=S) groups is 1. The molecule has 0 bridgehead atoms. The first-order valence-corrected chi connectivity index (χ1v) is 10.0. The average molecular weight is 419 g/mol. The molecule has 6 heteroatoms. The lowest BCUT2D eigenvalue weighted by atomic mass is 10.2. The predicted molar refractivity (Wildman–Crippen MR) is 124 cm³/mol. The molecule has 0 saturated carbocycles. The number of furan rings is 1. The van der Waals surface area contributed by atoms with Gasteiger partial charge in [0, 0.05) is 17.1 Å². The molecule has 0 saturated heterocycles. The SMILES string of the molecule is CC.O=C(NC(=S)Nc1cccc(Oc2ccccc2)c1)c1cc2ccccc2o1. The van der Waals surface area contributed by atoms with Crippen molar-refractivity contribution in [3.8, 4) is 11.5 Å². The predicted octanol–water partition coefficient (Wildman–Crippen LogP) is 6.38. The fourth-order valence-corrected chi connectivity index (χ4v) is 2.89. The Morgan fingerprint density at radius 2 is 1.57 bits per heavy atom. The molecule has 0 aliphatic carbocycles. The minimum atomic E-state index is -0.412. The minimum absolute atomic E-state index is 0.169. The van der Waals surface area contributed by atoms with Gasteiger partial charge in [-0.1, -0.05) is 56.3 Å². The van der Waals surface area contributed by atoms with Crippen LogP contribution < -0.4 is 15.4 Å². The molecule has 1 heterocycles. The number of fused-ring (bicyclic) bond motifs is 1. The number of amides is 1. The number of benzene rings is 3. The molecule has 5 nitrogen and oxygen atoms in total. The maximum atomic E-state index is 12.4. The van der Waals surface area contributed by atoms with Crippen molar-refractivity contribution in [3.05, 3.63) is 90.7 Å². The third-order valence-corrected chi connectivity index (χ3v) is 4.15. The van der Waals surface area contributed by atoms with Crippen molar-refractivity contribution in [1.29, 1.82) is 0 Å². The second-order valence-electron chi connectivity index (χ2n) is 6.00. The van der Waals surface area contributed by atoms with Crippen molar-refractivity contribution in [2.75, 3.05) is 5.32 Å². The highest BCUT2D eigenvalue weighted by atomic mass is 32.1. The van der Waals surface area contributed by atoms with E-state index in [1.165, 1.54) is 0 Å². The van der Waals surface area contributed by atoms with Crippen molar-refractivity contribution in [2.45, 2.75) is 13.8 Å². The summed E-state index contributed by atoms with van der Waals surface area (Å²) >= 11 is 5.24. The summed E-state index contributed by atoms with van der Waals surface area (Å²) in [5, 5.41) is 6.63. The number of anilines is 1. The Balaban J connectivity index is 0.00000124. The molecule has 0 radical (unpaired) electrons. The van der Waals surface area contributed by atoms with Crippen molar-refractivity contribution >= 4 is 39.9 Å². The van der Waals surface area contributed by atoms with Gasteiger partial charge >= 0.3 is 0 Å². The molecule has 2 N–H and O–H groups in total. The molecule has 30 heavy (non-hydrogen) atoms. The zero-order chi connectivity index (χ0) is 21.3. The van der Waals surface area contributed by atoms with E-state index < -0.39 is 5.91 Å². The van der Waals surface area contributed by atoms with E-state index >= 15 is 0 Å². The molecule has 0 unspecified atom stereocenters. The minimum Gasteiger partial charge on any atom is -0.457 e. The van der Waals surface area contributed by atoms with E-state index in [2.05, 4.69) is 10.6 Å². The average Bonchev–Trinajstić information content (AvgIpc) is 3.21. The maximum Gasteiger partial charge on any atom is 0.293 e. The van der Waals surface area contributed by atoms with E-state index in [0.717, 1.165) is 11.1 Å². The van der Waals surface area contributed by atoms with Crippen LogP contribution in [0.15, 0.2) is 89.3 Å². The van der Waals surface area contributed by atoms with E-state index in [4.69, 9.17) is 21.4 Å². The summed E-state index contributed by atoms with van der Waals surface area (Å²) in [6.07, 6.45) is 0. The Morgan fingerprint density at radius 1 is 0.867 bits per heavy atom. The number of para-hydroxylation sites is 2. The van der Waals surface area contributed by atoms with Crippen molar-refractivity contribution in [2.24, 2.45) is 0 Å². The van der Waals surface area contributed by atoms with Crippen LogP contribution >= 0.6 is 12.2 Å². The summed E-state index contributed by atoms with van der Waals surface area (Å²) < 4.78 is 11.3. The fourth-order valence-electron chi connectivity index (χ4n) is 2.68.